The van der Waals surface area contributed by atoms with Gasteiger partial charge in [-0.25, -0.2) is 0 Å². The zero-order valence-corrected chi connectivity index (χ0v) is 12.5. The van der Waals surface area contributed by atoms with Gasteiger partial charge in [0.05, 0.1) is 13.2 Å². The van der Waals surface area contributed by atoms with Crippen molar-refractivity contribution in [1.82, 2.24) is 9.80 Å². The molecule has 1 heterocycles. The molecule has 21 heavy (non-hydrogen) atoms. The molecule has 2 rings (SSSR count). The Labute approximate surface area is 125 Å². The molecular weight excluding hydrogens is 268 g/mol. The van der Waals surface area contributed by atoms with Crippen LogP contribution in [0.5, 0.6) is 0 Å². The Hall–Kier alpha value is -1.72. The van der Waals surface area contributed by atoms with Crippen molar-refractivity contribution in [3.8, 4) is 0 Å². The highest BCUT2D eigenvalue weighted by molar-refractivity contribution is 5.74. The number of esters is 1. The second-order valence-corrected chi connectivity index (χ2v) is 5.22. The van der Waals surface area contributed by atoms with Crippen molar-refractivity contribution in [2.24, 2.45) is 0 Å². The summed E-state index contributed by atoms with van der Waals surface area (Å²) in [5.41, 5.74) is 1.91. The highest BCUT2D eigenvalue weighted by Crippen LogP contribution is 2.09. The zero-order valence-electron chi connectivity index (χ0n) is 12.5. The van der Waals surface area contributed by atoms with E-state index >= 15 is 0 Å². The summed E-state index contributed by atoms with van der Waals surface area (Å²) in [4.78, 5) is 26.6. The van der Waals surface area contributed by atoms with Gasteiger partial charge in [-0.3, -0.25) is 19.4 Å². The van der Waals surface area contributed by atoms with E-state index < -0.39 is 0 Å². The van der Waals surface area contributed by atoms with Crippen LogP contribution in [0.3, 0.4) is 0 Å². The molecule has 0 spiro atoms. The zero-order chi connectivity index (χ0) is 15.1. The Balaban J connectivity index is 1.75. The maximum atomic E-state index is 11.4. The Kier molecular flexibility index (Phi) is 5.90. The monoisotopic (exact) mass is 290 g/mol. The standard InChI is InChI=1S/C16H22N2O3/c1-2-21-16(20)12-18-9-7-17(8-10-18)11-14-3-5-15(13-19)6-4-14/h3-6,13H,2,7-12H2,1H3. The fourth-order valence-corrected chi connectivity index (χ4v) is 2.45. The van der Waals surface area contributed by atoms with Crippen LogP contribution in [0.4, 0.5) is 0 Å². The lowest BCUT2D eigenvalue weighted by molar-refractivity contribution is -0.144. The number of carbonyl (C=O) groups is 2. The molecule has 0 unspecified atom stereocenters. The van der Waals surface area contributed by atoms with E-state index in [9.17, 15) is 9.59 Å². The molecular formula is C16H22N2O3. The van der Waals surface area contributed by atoms with E-state index in [2.05, 4.69) is 9.80 Å². The van der Waals surface area contributed by atoms with E-state index in [1.807, 2.05) is 31.2 Å². The first kappa shape index (κ1) is 15.7. The van der Waals surface area contributed by atoms with Crippen LogP contribution in [0.25, 0.3) is 0 Å². The Morgan fingerprint density at radius 1 is 1.14 bits per heavy atom. The highest BCUT2D eigenvalue weighted by atomic mass is 16.5. The van der Waals surface area contributed by atoms with Gasteiger partial charge in [-0.15, -0.1) is 0 Å². The Morgan fingerprint density at radius 2 is 1.76 bits per heavy atom. The molecule has 0 atom stereocenters. The largest absolute Gasteiger partial charge is 0.465 e. The number of aldehydes is 1. The third-order valence-corrected chi connectivity index (χ3v) is 3.64. The normalized spacial score (nSPS) is 16.6. The van der Waals surface area contributed by atoms with Crippen molar-refractivity contribution in [3.05, 3.63) is 35.4 Å². The molecule has 0 saturated carbocycles. The van der Waals surface area contributed by atoms with E-state index in [0.29, 0.717) is 18.7 Å². The Bertz CT molecular complexity index is 465. The summed E-state index contributed by atoms with van der Waals surface area (Å²) in [7, 11) is 0. The van der Waals surface area contributed by atoms with Crippen LogP contribution in [0.15, 0.2) is 24.3 Å². The van der Waals surface area contributed by atoms with Gasteiger partial charge in [0.15, 0.2) is 0 Å². The summed E-state index contributed by atoms with van der Waals surface area (Å²) in [5, 5.41) is 0. The lowest BCUT2D eigenvalue weighted by Gasteiger charge is -2.34. The van der Waals surface area contributed by atoms with Crippen molar-refractivity contribution in [3.63, 3.8) is 0 Å². The van der Waals surface area contributed by atoms with Gasteiger partial charge in [-0.05, 0) is 12.5 Å². The second-order valence-electron chi connectivity index (χ2n) is 5.22. The van der Waals surface area contributed by atoms with Gasteiger partial charge in [-0.2, -0.15) is 0 Å². The fraction of sp³-hybridized carbons (Fsp3) is 0.500. The molecule has 1 aliphatic rings. The van der Waals surface area contributed by atoms with Crippen LogP contribution in [0.2, 0.25) is 0 Å². The molecule has 114 valence electrons. The van der Waals surface area contributed by atoms with Crippen LogP contribution in [-0.2, 0) is 16.1 Å². The lowest BCUT2D eigenvalue weighted by atomic mass is 10.1. The van der Waals surface area contributed by atoms with Crippen molar-refractivity contribution in [2.75, 3.05) is 39.3 Å². The van der Waals surface area contributed by atoms with Crippen molar-refractivity contribution in [1.29, 1.82) is 0 Å². The molecule has 1 aromatic carbocycles. The minimum atomic E-state index is -0.143. The van der Waals surface area contributed by atoms with Crippen LogP contribution in [0, 0.1) is 0 Å². The third-order valence-electron chi connectivity index (χ3n) is 3.64. The number of hydrogen-bond donors (Lipinski definition) is 0. The van der Waals surface area contributed by atoms with Gasteiger partial charge in [0.2, 0.25) is 0 Å². The van der Waals surface area contributed by atoms with Crippen molar-refractivity contribution in [2.45, 2.75) is 13.5 Å². The molecule has 0 amide bonds. The van der Waals surface area contributed by atoms with Gasteiger partial charge in [0, 0.05) is 38.3 Å². The molecule has 5 heteroatoms. The number of piperazine rings is 1. The van der Waals surface area contributed by atoms with Gasteiger partial charge < -0.3 is 4.74 Å². The van der Waals surface area contributed by atoms with E-state index in [1.54, 1.807) is 0 Å². The molecule has 1 aliphatic heterocycles. The topological polar surface area (TPSA) is 49.9 Å². The van der Waals surface area contributed by atoms with Gasteiger partial charge >= 0.3 is 5.97 Å². The maximum Gasteiger partial charge on any atom is 0.320 e. The summed E-state index contributed by atoms with van der Waals surface area (Å²) in [6.45, 7) is 7.17. The number of nitrogens with zero attached hydrogens (tertiary/aromatic N) is 2. The minimum Gasteiger partial charge on any atom is -0.465 e. The average molecular weight is 290 g/mol. The number of ether oxygens (including phenoxy) is 1. The van der Waals surface area contributed by atoms with Crippen LogP contribution in [0.1, 0.15) is 22.8 Å². The molecule has 0 N–H and O–H groups in total. The minimum absolute atomic E-state index is 0.143. The van der Waals surface area contributed by atoms with Gasteiger partial charge in [0.1, 0.15) is 6.29 Å². The van der Waals surface area contributed by atoms with E-state index in [0.717, 1.165) is 39.0 Å². The molecule has 0 aromatic heterocycles. The van der Waals surface area contributed by atoms with E-state index in [1.165, 1.54) is 5.56 Å². The first-order chi connectivity index (χ1) is 10.2. The molecule has 0 radical (unpaired) electrons. The summed E-state index contributed by atoms with van der Waals surface area (Å²) in [5.74, 6) is -0.143. The number of benzene rings is 1. The van der Waals surface area contributed by atoms with Crippen LogP contribution in [-0.4, -0.2) is 61.4 Å². The predicted octanol–water partition coefficient (Wildman–Crippen LogP) is 1.18. The number of hydrogen-bond acceptors (Lipinski definition) is 5. The first-order valence-electron chi connectivity index (χ1n) is 7.35. The van der Waals surface area contributed by atoms with Crippen molar-refractivity contribution >= 4 is 12.3 Å². The van der Waals surface area contributed by atoms with Gasteiger partial charge in [-0.1, -0.05) is 24.3 Å². The highest BCUT2D eigenvalue weighted by Gasteiger charge is 2.19. The smallest absolute Gasteiger partial charge is 0.320 e. The van der Waals surface area contributed by atoms with Crippen LogP contribution < -0.4 is 0 Å². The number of carbonyl (C=O) groups excluding carboxylic acids is 2. The van der Waals surface area contributed by atoms with E-state index in [-0.39, 0.29) is 5.97 Å². The second kappa shape index (κ2) is 7.90. The molecule has 0 aliphatic carbocycles. The van der Waals surface area contributed by atoms with Crippen LogP contribution >= 0.6 is 0 Å². The summed E-state index contributed by atoms with van der Waals surface area (Å²) >= 11 is 0. The SMILES string of the molecule is CCOC(=O)CN1CCN(Cc2ccc(C=O)cc2)CC1. The van der Waals surface area contributed by atoms with E-state index in [4.69, 9.17) is 4.74 Å². The fourth-order valence-electron chi connectivity index (χ4n) is 2.45. The molecule has 1 saturated heterocycles. The molecule has 1 fully saturated rings. The molecule has 5 nitrogen and oxygen atoms in total. The van der Waals surface area contributed by atoms with Gasteiger partial charge in [0.25, 0.3) is 0 Å². The predicted molar refractivity (Wildman–Crippen MR) is 80.2 cm³/mol. The van der Waals surface area contributed by atoms with Crippen molar-refractivity contribution < 1.29 is 14.3 Å². The number of rotatable bonds is 6. The average Bonchev–Trinajstić information content (AvgIpc) is 2.50. The summed E-state index contributed by atoms with van der Waals surface area (Å²) in [6.07, 6.45) is 0.859. The molecule has 1 aromatic rings. The summed E-state index contributed by atoms with van der Waals surface area (Å²) in [6, 6.07) is 7.68. The first-order valence-corrected chi connectivity index (χ1v) is 7.35. The molecule has 0 bridgehead atoms. The lowest BCUT2D eigenvalue weighted by Crippen LogP contribution is -2.47. The Morgan fingerprint density at radius 3 is 2.33 bits per heavy atom. The third kappa shape index (κ3) is 4.95. The summed E-state index contributed by atoms with van der Waals surface area (Å²) < 4.78 is 4.97. The quantitative estimate of drug-likeness (QED) is 0.581. The maximum absolute atomic E-state index is 11.4.